The summed E-state index contributed by atoms with van der Waals surface area (Å²) in [6.45, 7) is 5.12. The number of rotatable bonds is 5. The first kappa shape index (κ1) is 19.0. The molecule has 0 radical (unpaired) electrons. The number of carbonyl (C=O) groups excluding carboxylic acids is 2. The summed E-state index contributed by atoms with van der Waals surface area (Å²) in [5.41, 5.74) is 2.61. The summed E-state index contributed by atoms with van der Waals surface area (Å²) in [6, 6.07) is 12.1. The van der Waals surface area contributed by atoms with Crippen molar-refractivity contribution < 1.29 is 14.3 Å². The molecule has 3 aromatic rings. The Morgan fingerprint density at radius 2 is 1.61 bits per heavy atom. The number of pyridine rings is 1. The largest absolute Gasteiger partial charge is 0.424 e. The third-order valence-corrected chi connectivity index (χ3v) is 3.61. The fourth-order valence-electron chi connectivity index (χ4n) is 2.47. The van der Waals surface area contributed by atoms with Gasteiger partial charge in [0.05, 0.1) is 0 Å². The molecule has 2 heterocycles. The van der Waals surface area contributed by atoms with E-state index in [2.05, 4.69) is 25.6 Å². The predicted molar refractivity (Wildman–Crippen MR) is 105 cm³/mol. The van der Waals surface area contributed by atoms with E-state index in [0.29, 0.717) is 22.8 Å². The van der Waals surface area contributed by atoms with Crippen LogP contribution >= 0.6 is 0 Å². The SMILES string of the molecule is CC(=O)Nc1cc(C(=O)Nc2ccc(Oc3nc(C)cc(C)n3)cc2)ccn1. The molecule has 0 fully saturated rings. The first-order valence-corrected chi connectivity index (χ1v) is 8.54. The number of aryl methyl sites for hydroxylation is 2. The summed E-state index contributed by atoms with van der Waals surface area (Å²) >= 11 is 0. The number of nitrogens with zero attached hydrogens (tertiary/aromatic N) is 3. The van der Waals surface area contributed by atoms with Crippen LogP contribution in [0.1, 0.15) is 28.7 Å². The molecular weight excluding hydrogens is 358 g/mol. The molecule has 0 aliphatic heterocycles. The van der Waals surface area contributed by atoms with Crippen LogP contribution in [0.3, 0.4) is 0 Å². The summed E-state index contributed by atoms with van der Waals surface area (Å²) in [4.78, 5) is 36.0. The van der Waals surface area contributed by atoms with Crippen LogP contribution in [0, 0.1) is 13.8 Å². The smallest absolute Gasteiger partial charge is 0.322 e. The molecule has 2 amide bonds. The van der Waals surface area contributed by atoms with E-state index in [4.69, 9.17) is 4.74 Å². The molecule has 0 spiro atoms. The van der Waals surface area contributed by atoms with Gasteiger partial charge in [-0.3, -0.25) is 9.59 Å². The van der Waals surface area contributed by atoms with Crippen molar-refractivity contribution >= 4 is 23.3 Å². The maximum Gasteiger partial charge on any atom is 0.322 e. The predicted octanol–water partition coefficient (Wildman–Crippen LogP) is 3.49. The van der Waals surface area contributed by atoms with E-state index < -0.39 is 0 Å². The Morgan fingerprint density at radius 1 is 0.929 bits per heavy atom. The van der Waals surface area contributed by atoms with Crippen LogP contribution in [0.25, 0.3) is 0 Å². The minimum Gasteiger partial charge on any atom is -0.424 e. The molecule has 0 atom stereocenters. The monoisotopic (exact) mass is 377 g/mol. The van der Waals surface area contributed by atoms with Crippen LogP contribution in [-0.4, -0.2) is 26.8 Å². The van der Waals surface area contributed by atoms with Gasteiger partial charge in [0.1, 0.15) is 11.6 Å². The fourth-order valence-corrected chi connectivity index (χ4v) is 2.47. The van der Waals surface area contributed by atoms with Gasteiger partial charge < -0.3 is 15.4 Å². The summed E-state index contributed by atoms with van der Waals surface area (Å²) < 4.78 is 5.65. The van der Waals surface area contributed by atoms with Gasteiger partial charge in [0.25, 0.3) is 5.91 Å². The molecule has 0 unspecified atom stereocenters. The molecule has 0 saturated carbocycles. The van der Waals surface area contributed by atoms with E-state index in [9.17, 15) is 9.59 Å². The average Bonchev–Trinajstić information content (AvgIpc) is 2.62. The lowest BCUT2D eigenvalue weighted by atomic mass is 10.2. The number of carbonyl (C=O) groups is 2. The highest BCUT2D eigenvalue weighted by molar-refractivity contribution is 6.05. The van der Waals surface area contributed by atoms with Crippen molar-refractivity contribution in [2.45, 2.75) is 20.8 Å². The van der Waals surface area contributed by atoms with Gasteiger partial charge in [-0.1, -0.05) is 0 Å². The van der Waals surface area contributed by atoms with E-state index in [0.717, 1.165) is 11.4 Å². The third kappa shape index (κ3) is 5.10. The third-order valence-electron chi connectivity index (χ3n) is 3.61. The Morgan fingerprint density at radius 3 is 2.25 bits per heavy atom. The lowest BCUT2D eigenvalue weighted by Crippen LogP contribution is -2.13. The van der Waals surface area contributed by atoms with Crippen LogP contribution in [-0.2, 0) is 4.79 Å². The molecular formula is C20H19N5O3. The average molecular weight is 377 g/mol. The van der Waals surface area contributed by atoms with Gasteiger partial charge in [0, 0.05) is 35.8 Å². The molecule has 28 heavy (non-hydrogen) atoms. The number of hydrogen-bond donors (Lipinski definition) is 2. The van der Waals surface area contributed by atoms with E-state index in [1.165, 1.54) is 19.2 Å². The van der Waals surface area contributed by atoms with Gasteiger partial charge in [-0.2, -0.15) is 0 Å². The Labute approximate surface area is 162 Å². The molecule has 0 aliphatic rings. The van der Waals surface area contributed by atoms with E-state index in [-0.39, 0.29) is 17.8 Å². The second-order valence-electron chi connectivity index (χ2n) is 6.12. The second-order valence-corrected chi connectivity index (χ2v) is 6.12. The number of aromatic nitrogens is 3. The maximum absolute atomic E-state index is 12.4. The highest BCUT2D eigenvalue weighted by atomic mass is 16.5. The molecule has 1 aromatic carbocycles. The first-order chi connectivity index (χ1) is 13.4. The molecule has 0 aliphatic carbocycles. The van der Waals surface area contributed by atoms with Crippen molar-refractivity contribution in [1.82, 2.24) is 15.0 Å². The minimum atomic E-state index is -0.319. The van der Waals surface area contributed by atoms with Crippen LogP contribution in [0.4, 0.5) is 11.5 Å². The van der Waals surface area contributed by atoms with Gasteiger partial charge in [-0.05, 0) is 56.3 Å². The molecule has 8 heteroatoms. The number of ether oxygens (including phenoxy) is 1. The van der Waals surface area contributed by atoms with Gasteiger partial charge >= 0.3 is 6.01 Å². The van der Waals surface area contributed by atoms with Crippen molar-refractivity contribution in [3.8, 4) is 11.8 Å². The summed E-state index contributed by atoms with van der Waals surface area (Å²) in [5.74, 6) is 0.297. The molecule has 8 nitrogen and oxygen atoms in total. The number of anilines is 2. The Kier molecular flexibility index (Phi) is 5.59. The summed E-state index contributed by atoms with van der Waals surface area (Å²) in [5, 5.41) is 5.33. The molecule has 3 rings (SSSR count). The van der Waals surface area contributed by atoms with Gasteiger partial charge in [-0.15, -0.1) is 0 Å². The summed E-state index contributed by atoms with van der Waals surface area (Å²) in [6.07, 6.45) is 1.46. The topological polar surface area (TPSA) is 106 Å². The molecule has 142 valence electrons. The van der Waals surface area contributed by atoms with Crippen LogP contribution in [0.2, 0.25) is 0 Å². The molecule has 2 aromatic heterocycles. The number of hydrogen-bond acceptors (Lipinski definition) is 6. The second kappa shape index (κ2) is 8.26. The van der Waals surface area contributed by atoms with E-state index >= 15 is 0 Å². The Balaban J connectivity index is 1.67. The van der Waals surface area contributed by atoms with Crippen LogP contribution in [0.5, 0.6) is 11.8 Å². The van der Waals surface area contributed by atoms with Crippen molar-refractivity contribution in [3.63, 3.8) is 0 Å². The van der Waals surface area contributed by atoms with Gasteiger partial charge in [0.2, 0.25) is 5.91 Å². The van der Waals surface area contributed by atoms with Crippen molar-refractivity contribution in [3.05, 3.63) is 65.6 Å². The van der Waals surface area contributed by atoms with Crippen LogP contribution < -0.4 is 15.4 Å². The molecule has 0 saturated heterocycles. The lowest BCUT2D eigenvalue weighted by Gasteiger charge is -2.09. The number of benzene rings is 1. The molecule has 2 N–H and O–H groups in total. The van der Waals surface area contributed by atoms with Crippen molar-refractivity contribution in [1.29, 1.82) is 0 Å². The van der Waals surface area contributed by atoms with Gasteiger partial charge in [0.15, 0.2) is 0 Å². The van der Waals surface area contributed by atoms with E-state index in [1.54, 1.807) is 30.3 Å². The van der Waals surface area contributed by atoms with Crippen molar-refractivity contribution in [2.75, 3.05) is 10.6 Å². The van der Waals surface area contributed by atoms with Gasteiger partial charge in [-0.25, -0.2) is 15.0 Å². The number of nitrogens with one attached hydrogen (secondary N) is 2. The zero-order chi connectivity index (χ0) is 20.1. The van der Waals surface area contributed by atoms with Crippen LogP contribution in [0.15, 0.2) is 48.7 Å². The lowest BCUT2D eigenvalue weighted by molar-refractivity contribution is -0.114. The highest BCUT2D eigenvalue weighted by Gasteiger charge is 2.09. The Bertz CT molecular complexity index is 998. The maximum atomic E-state index is 12.4. The quantitative estimate of drug-likeness (QED) is 0.705. The summed E-state index contributed by atoms with van der Waals surface area (Å²) in [7, 11) is 0. The number of amides is 2. The minimum absolute atomic E-state index is 0.256. The fraction of sp³-hybridized carbons (Fsp3) is 0.150. The zero-order valence-electron chi connectivity index (χ0n) is 15.7. The highest BCUT2D eigenvalue weighted by Crippen LogP contribution is 2.21. The van der Waals surface area contributed by atoms with Crippen molar-refractivity contribution in [2.24, 2.45) is 0 Å². The first-order valence-electron chi connectivity index (χ1n) is 8.54. The Hall–Kier alpha value is -3.81. The zero-order valence-corrected chi connectivity index (χ0v) is 15.7. The normalized spacial score (nSPS) is 10.2. The molecule has 0 bridgehead atoms. The standard InChI is InChI=1S/C20H19N5O3/c1-12-10-13(2)23-20(22-12)28-17-6-4-16(5-7-17)25-19(27)15-8-9-21-18(11-15)24-14(3)26/h4-11H,1-3H3,(H,25,27)(H,21,24,26). The van der Waals surface area contributed by atoms with E-state index in [1.807, 2.05) is 19.9 Å².